The van der Waals surface area contributed by atoms with E-state index in [4.69, 9.17) is 0 Å². The monoisotopic (exact) mass is 215 g/mol. The van der Waals surface area contributed by atoms with Crippen molar-refractivity contribution in [3.63, 3.8) is 0 Å². The van der Waals surface area contributed by atoms with Gasteiger partial charge in [0.2, 0.25) is 0 Å². The molecule has 0 unspecified atom stereocenters. The normalized spacial score (nSPS) is 10.1. The summed E-state index contributed by atoms with van der Waals surface area (Å²) < 4.78 is 12.7. The molecule has 2 heteroatoms. The van der Waals surface area contributed by atoms with Crippen molar-refractivity contribution in [1.82, 2.24) is 0 Å². The number of halogens is 1. The summed E-state index contributed by atoms with van der Waals surface area (Å²) >= 11 is 0. The summed E-state index contributed by atoms with van der Waals surface area (Å²) in [5, 5.41) is 3.25. The molecule has 0 bridgehead atoms. The van der Waals surface area contributed by atoms with Crippen LogP contribution >= 0.6 is 0 Å². The highest BCUT2D eigenvalue weighted by atomic mass is 19.1. The Bertz CT molecular complexity index is 462. The first-order chi connectivity index (χ1) is 7.74. The molecule has 1 nitrogen and oxygen atoms in total. The Morgan fingerprint density at radius 2 is 1.81 bits per heavy atom. The zero-order valence-corrected chi connectivity index (χ0v) is 9.20. The molecule has 0 atom stereocenters. The summed E-state index contributed by atoms with van der Waals surface area (Å²) in [4.78, 5) is 0. The Morgan fingerprint density at radius 3 is 2.50 bits per heavy atom. The Hall–Kier alpha value is -1.83. The molecule has 0 saturated heterocycles. The molecule has 0 amide bonds. The van der Waals surface area contributed by atoms with E-state index in [-0.39, 0.29) is 5.82 Å². The van der Waals surface area contributed by atoms with Gasteiger partial charge in [0.05, 0.1) is 0 Å². The average Bonchev–Trinajstić information content (AvgIpc) is 2.28. The lowest BCUT2D eigenvalue weighted by atomic mass is 10.1. The van der Waals surface area contributed by atoms with Crippen molar-refractivity contribution >= 4 is 5.69 Å². The van der Waals surface area contributed by atoms with Crippen LogP contribution in [0, 0.1) is 12.7 Å². The molecule has 1 N–H and O–H groups in total. The van der Waals surface area contributed by atoms with Gasteiger partial charge in [0, 0.05) is 12.2 Å². The smallest absolute Gasteiger partial charge is 0.123 e. The Kier molecular flexibility index (Phi) is 3.20. The fourth-order valence-corrected chi connectivity index (χ4v) is 1.59. The second kappa shape index (κ2) is 4.79. The third kappa shape index (κ3) is 2.83. The number of hydrogen-bond donors (Lipinski definition) is 1. The summed E-state index contributed by atoms with van der Waals surface area (Å²) in [7, 11) is 0. The van der Waals surface area contributed by atoms with Crippen LogP contribution in [-0.2, 0) is 6.54 Å². The van der Waals surface area contributed by atoms with Gasteiger partial charge in [0.15, 0.2) is 0 Å². The van der Waals surface area contributed by atoms with Crippen molar-refractivity contribution in [2.75, 3.05) is 5.32 Å². The van der Waals surface area contributed by atoms with Gasteiger partial charge in [-0.1, -0.05) is 29.8 Å². The fourth-order valence-electron chi connectivity index (χ4n) is 1.59. The minimum Gasteiger partial charge on any atom is -0.381 e. The molecule has 0 aromatic heterocycles. The lowest BCUT2D eigenvalue weighted by Crippen LogP contribution is -1.99. The van der Waals surface area contributed by atoms with Crippen LogP contribution in [0.4, 0.5) is 10.1 Å². The van der Waals surface area contributed by atoms with E-state index >= 15 is 0 Å². The predicted molar refractivity (Wildman–Crippen MR) is 64.9 cm³/mol. The van der Waals surface area contributed by atoms with Crippen LogP contribution in [0.3, 0.4) is 0 Å². The standard InChI is InChI=1S/C14H14FN/c1-11-3-2-4-12(9-11)10-16-14-7-5-13(15)6-8-14/h2-9,16H,10H2,1H3. The molecule has 0 saturated carbocycles. The molecule has 0 aliphatic carbocycles. The second-order valence-corrected chi connectivity index (χ2v) is 3.85. The summed E-state index contributed by atoms with van der Waals surface area (Å²) in [5.74, 6) is -0.207. The van der Waals surface area contributed by atoms with E-state index in [1.54, 1.807) is 12.1 Å². The van der Waals surface area contributed by atoms with Crippen molar-refractivity contribution in [3.05, 3.63) is 65.5 Å². The molecule has 0 radical (unpaired) electrons. The van der Waals surface area contributed by atoms with E-state index in [0.29, 0.717) is 0 Å². The number of aryl methyl sites for hydroxylation is 1. The summed E-state index contributed by atoms with van der Waals surface area (Å²) in [6.45, 7) is 2.83. The first kappa shape index (κ1) is 10.7. The maximum absolute atomic E-state index is 12.7. The van der Waals surface area contributed by atoms with Crippen LogP contribution in [0.2, 0.25) is 0 Å². The van der Waals surface area contributed by atoms with Crippen LogP contribution in [-0.4, -0.2) is 0 Å². The van der Waals surface area contributed by atoms with Gasteiger partial charge < -0.3 is 5.32 Å². The van der Waals surface area contributed by atoms with Crippen LogP contribution in [0.1, 0.15) is 11.1 Å². The Balaban J connectivity index is 1.99. The summed E-state index contributed by atoms with van der Waals surface area (Å²) in [6.07, 6.45) is 0. The van der Waals surface area contributed by atoms with Crippen molar-refractivity contribution in [1.29, 1.82) is 0 Å². The van der Waals surface area contributed by atoms with E-state index in [1.807, 2.05) is 6.07 Å². The molecule has 0 fully saturated rings. The molecule has 2 aromatic rings. The maximum atomic E-state index is 12.7. The predicted octanol–water partition coefficient (Wildman–Crippen LogP) is 3.75. The third-order valence-electron chi connectivity index (χ3n) is 2.42. The van der Waals surface area contributed by atoms with Gasteiger partial charge in [0.1, 0.15) is 5.82 Å². The van der Waals surface area contributed by atoms with Gasteiger partial charge in [-0.05, 0) is 36.8 Å². The molecule has 16 heavy (non-hydrogen) atoms. The van der Waals surface area contributed by atoms with Gasteiger partial charge in [-0.3, -0.25) is 0 Å². The lowest BCUT2D eigenvalue weighted by Gasteiger charge is -2.06. The molecule has 2 rings (SSSR count). The van der Waals surface area contributed by atoms with E-state index in [2.05, 4.69) is 30.4 Å². The van der Waals surface area contributed by atoms with E-state index < -0.39 is 0 Å². The Morgan fingerprint density at radius 1 is 1.06 bits per heavy atom. The zero-order valence-electron chi connectivity index (χ0n) is 9.20. The minimum atomic E-state index is -0.207. The van der Waals surface area contributed by atoms with E-state index in [9.17, 15) is 4.39 Å². The van der Waals surface area contributed by atoms with E-state index in [0.717, 1.165) is 12.2 Å². The molecule has 0 aliphatic rings. The quantitative estimate of drug-likeness (QED) is 0.822. The first-order valence-electron chi connectivity index (χ1n) is 5.29. The fraction of sp³-hybridized carbons (Fsp3) is 0.143. The van der Waals surface area contributed by atoms with Gasteiger partial charge in [-0.25, -0.2) is 4.39 Å². The number of anilines is 1. The van der Waals surface area contributed by atoms with Crippen molar-refractivity contribution < 1.29 is 4.39 Å². The average molecular weight is 215 g/mol. The summed E-state index contributed by atoms with van der Waals surface area (Å²) in [5.41, 5.74) is 3.41. The minimum absolute atomic E-state index is 0.207. The highest BCUT2D eigenvalue weighted by Crippen LogP contribution is 2.11. The number of benzene rings is 2. The lowest BCUT2D eigenvalue weighted by molar-refractivity contribution is 0.628. The summed E-state index contributed by atoms with van der Waals surface area (Å²) in [6, 6.07) is 14.7. The van der Waals surface area contributed by atoms with Crippen LogP contribution < -0.4 is 5.32 Å². The van der Waals surface area contributed by atoms with Gasteiger partial charge >= 0.3 is 0 Å². The van der Waals surface area contributed by atoms with Crippen molar-refractivity contribution in [3.8, 4) is 0 Å². The molecule has 82 valence electrons. The van der Waals surface area contributed by atoms with Gasteiger partial charge in [-0.2, -0.15) is 0 Å². The molecular formula is C14H14FN. The first-order valence-corrected chi connectivity index (χ1v) is 5.29. The SMILES string of the molecule is Cc1cccc(CNc2ccc(F)cc2)c1. The maximum Gasteiger partial charge on any atom is 0.123 e. The molecule has 0 aliphatic heterocycles. The topological polar surface area (TPSA) is 12.0 Å². The number of nitrogens with one attached hydrogen (secondary N) is 1. The number of hydrogen-bond acceptors (Lipinski definition) is 1. The molecule has 2 aromatic carbocycles. The highest BCUT2D eigenvalue weighted by molar-refractivity contribution is 5.43. The van der Waals surface area contributed by atoms with Gasteiger partial charge in [-0.15, -0.1) is 0 Å². The Labute approximate surface area is 94.9 Å². The second-order valence-electron chi connectivity index (χ2n) is 3.85. The van der Waals surface area contributed by atoms with Crippen LogP contribution in [0.5, 0.6) is 0 Å². The largest absolute Gasteiger partial charge is 0.381 e. The van der Waals surface area contributed by atoms with Crippen LogP contribution in [0.25, 0.3) is 0 Å². The van der Waals surface area contributed by atoms with Crippen molar-refractivity contribution in [2.24, 2.45) is 0 Å². The number of rotatable bonds is 3. The third-order valence-corrected chi connectivity index (χ3v) is 2.42. The highest BCUT2D eigenvalue weighted by Gasteiger charge is 1.95. The zero-order chi connectivity index (χ0) is 11.4. The van der Waals surface area contributed by atoms with Crippen LogP contribution in [0.15, 0.2) is 48.5 Å². The van der Waals surface area contributed by atoms with Gasteiger partial charge in [0.25, 0.3) is 0 Å². The molecular weight excluding hydrogens is 201 g/mol. The molecule has 0 spiro atoms. The van der Waals surface area contributed by atoms with E-state index in [1.165, 1.54) is 23.3 Å². The van der Waals surface area contributed by atoms with Crippen molar-refractivity contribution in [2.45, 2.75) is 13.5 Å². The molecule has 0 heterocycles.